The Morgan fingerprint density at radius 3 is 2.82 bits per heavy atom. The summed E-state index contributed by atoms with van der Waals surface area (Å²) in [6, 6.07) is 10.5. The molecule has 1 saturated heterocycles. The van der Waals surface area contributed by atoms with Crippen LogP contribution in [0.15, 0.2) is 42.7 Å². The number of hydrogen-bond donors (Lipinski definition) is 3. The number of nitrogens with zero attached hydrogens (tertiary/aromatic N) is 3. The van der Waals surface area contributed by atoms with Gasteiger partial charge in [0, 0.05) is 30.0 Å². The van der Waals surface area contributed by atoms with E-state index in [1.807, 2.05) is 17.0 Å². The quantitative estimate of drug-likeness (QED) is 0.646. The van der Waals surface area contributed by atoms with Crippen molar-refractivity contribution in [3.05, 3.63) is 53.9 Å². The number of pyridine rings is 1. The first-order valence-electron chi connectivity index (χ1n) is 8.98. The van der Waals surface area contributed by atoms with E-state index in [0.29, 0.717) is 35.2 Å². The normalized spacial score (nSPS) is 19.4. The Morgan fingerprint density at radius 2 is 2.14 bits per heavy atom. The van der Waals surface area contributed by atoms with Crippen LogP contribution in [0.5, 0.6) is 0 Å². The van der Waals surface area contributed by atoms with Crippen LogP contribution in [0.1, 0.15) is 22.3 Å². The number of anilines is 2. The van der Waals surface area contributed by atoms with Crippen molar-refractivity contribution in [2.45, 2.75) is 18.6 Å². The van der Waals surface area contributed by atoms with Gasteiger partial charge in [0.25, 0.3) is 5.91 Å². The number of alkyl halides is 1. The van der Waals surface area contributed by atoms with Crippen LogP contribution in [-0.4, -0.2) is 41.2 Å². The van der Waals surface area contributed by atoms with E-state index in [9.17, 15) is 9.18 Å². The minimum atomic E-state index is -1.15. The summed E-state index contributed by atoms with van der Waals surface area (Å²) in [7, 11) is 0. The maximum absolute atomic E-state index is 15.0. The van der Waals surface area contributed by atoms with Gasteiger partial charge in [-0.1, -0.05) is 0 Å². The average molecular weight is 378 g/mol. The molecule has 8 heteroatoms. The van der Waals surface area contributed by atoms with Crippen LogP contribution in [0.4, 0.5) is 15.8 Å². The zero-order chi connectivity index (χ0) is 19.7. The van der Waals surface area contributed by atoms with Crippen molar-refractivity contribution in [1.82, 2.24) is 9.97 Å². The molecule has 1 fully saturated rings. The number of halogens is 1. The van der Waals surface area contributed by atoms with Crippen LogP contribution in [0, 0.1) is 11.3 Å². The van der Waals surface area contributed by atoms with E-state index in [1.165, 1.54) is 6.20 Å². The fourth-order valence-electron chi connectivity index (χ4n) is 3.58. The third-order valence-corrected chi connectivity index (χ3v) is 5.08. The minimum Gasteiger partial charge on any atom is -0.378 e. The first-order valence-corrected chi connectivity index (χ1v) is 8.98. The predicted molar refractivity (Wildman–Crippen MR) is 105 cm³/mol. The number of primary amides is 1. The molecule has 0 spiro atoms. The first-order chi connectivity index (χ1) is 13.6. The standard InChI is InChI=1S/C20H19FN6O/c21-16-11-27(13-3-1-12(9-22)2-4-13)8-6-17(16)26-18-14-5-7-24-20(14)25-10-15(18)19(23)28/h1-5,7,10,16-17H,6,8,11H2,(H2,23,28)(H2,24,25,26). The van der Waals surface area contributed by atoms with E-state index in [2.05, 4.69) is 21.4 Å². The molecule has 1 aliphatic heterocycles. The lowest BCUT2D eigenvalue weighted by Gasteiger charge is -2.37. The van der Waals surface area contributed by atoms with Gasteiger partial charge in [0.15, 0.2) is 0 Å². The number of aromatic amines is 1. The maximum atomic E-state index is 15.0. The van der Waals surface area contributed by atoms with E-state index >= 15 is 0 Å². The van der Waals surface area contributed by atoms with Crippen LogP contribution >= 0.6 is 0 Å². The smallest absolute Gasteiger partial charge is 0.252 e. The summed E-state index contributed by atoms with van der Waals surface area (Å²) in [5.41, 5.74) is 8.31. The zero-order valence-electron chi connectivity index (χ0n) is 15.0. The van der Waals surface area contributed by atoms with Gasteiger partial charge in [-0.25, -0.2) is 9.37 Å². The molecule has 0 radical (unpaired) electrons. The number of hydrogen-bond acceptors (Lipinski definition) is 5. The zero-order valence-corrected chi connectivity index (χ0v) is 15.0. The van der Waals surface area contributed by atoms with Gasteiger partial charge in [0.2, 0.25) is 0 Å². The Morgan fingerprint density at radius 1 is 1.36 bits per heavy atom. The van der Waals surface area contributed by atoms with Gasteiger partial charge in [-0.2, -0.15) is 5.26 Å². The molecule has 0 saturated carbocycles. The highest BCUT2D eigenvalue weighted by Gasteiger charge is 2.30. The minimum absolute atomic E-state index is 0.219. The van der Waals surface area contributed by atoms with Crippen molar-refractivity contribution in [1.29, 1.82) is 5.26 Å². The summed E-state index contributed by atoms with van der Waals surface area (Å²) in [6.45, 7) is 0.869. The third-order valence-electron chi connectivity index (χ3n) is 5.08. The summed E-state index contributed by atoms with van der Waals surface area (Å²) >= 11 is 0. The Bertz CT molecular complexity index is 1050. The van der Waals surface area contributed by atoms with Crippen LogP contribution in [0.3, 0.4) is 0 Å². The Labute approximate surface area is 161 Å². The van der Waals surface area contributed by atoms with Gasteiger partial charge in [0.05, 0.1) is 35.5 Å². The number of nitrogens with one attached hydrogen (secondary N) is 2. The fourth-order valence-corrected chi connectivity index (χ4v) is 3.58. The second-order valence-corrected chi connectivity index (χ2v) is 6.81. The first kappa shape index (κ1) is 17.8. The molecular weight excluding hydrogens is 359 g/mol. The van der Waals surface area contributed by atoms with Gasteiger partial charge >= 0.3 is 0 Å². The molecule has 2 unspecified atom stereocenters. The van der Waals surface area contributed by atoms with Crippen molar-refractivity contribution in [3.63, 3.8) is 0 Å². The molecule has 1 aromatic carbocycles. The van der Waals surface area contributed by atoms with Gasteiger partial charge in [0.1, 0.15) is 11.8 Å². The van der Waals surface area contributed by atoms with Crippen molar-refractivity contribution in [2.75, 3.05) is 23.3 Å². The van der Waals surface area contributed by atoms with E-state index in [1.54, 1.807) is 24.4 Å². The topological polar surface area (TPSA) is 111 Å². The number of nitriles is 1. The summed E-state index contributed by atoms with van der Waals surface area (Å²) in [6.07, 6.45) is 2.52. The van der Waals surface area contributed by atoms with Crippen LogP contribution in [0.25, 0.3) is 11.0 Å². The lowest BCUT2D eigenvalue weighted by molar-refractivity contribution is 0.100. The number of carbonyl (C=O) groups is 1. The van der Waals surface area contributed by atoms with Crippen LogP contribution < -0.4 is 16.0 Å². The Kier molecular flexibility index (Phi) is 4.57. The number of piperidine rings is 1. The molecule has 1 amide bonds. The number of benzene rings is 1. The highest BCUT2D eigenvalue weighted by molar-refractivity contribution is 6.06. The number of rotatable bonds is 4. The lowest BCUT2D eigenvalue weighted by Crippen LogP contribution is -2.48. The number of carbonyl (C=O) groups excluding carboxylic acids is 1. The molecule has 3 heterocycles. The number of fused-ring (bicyclic) bond motifs is 1. The molecule has 7 nitrogen and oxygen atoms in total. The van der Waals surface area contributed by atoms with Crippen molar-refractivity contribution in [2.24, 2.45) is 5.73 Å². The molecule has 2 aromatic heterocycles. The molecule has 1 aliphatic rings. The molecule has 0 bridgehead atoms. The Hall–Kier alpha value is -3.60. The number of nitrogens with two attached hydrogens (primary N) is 1. The van der Waals surface area contributed by atoms with E-state index in [4.69, 9.17) is 11.0 Å². The number of aromatic nitrogens is 2. The number of H-pyrrole nitrogens is 1. The molecule has 4 N–H and O–H groups in total. The van der Waals surface area contributed by atoms with E-state index < -0.39 is 18.1 Å². The Balaban J connectivity index is 1.54. The molecule has 0 aliphatic carbocycles. The molecule has 4 rings (SSSR count). The lowest BCUT2D eigenvalue weighted by atomic mass is 10.0. The summed E-state index contributed by atoms with van der Waals surface area (Å²) in [5.74, 6) is -0.608. The largest absolute Gasteiger partial charge is 0.378 e. The van der Waals surface area contributed by atoms with Crippen LogP contribution in [0.2, 0.25) is 0 Å². The highest BCUT2D eigenvalue weighted by atomic mass is 19.1. The van der Waals surface area contributed by atoms with E-state index in [-0.39, 0.29) is 12.1 Å². The van der Waals surface area contributed by atoms with Gasteiger partial charge in [-0.3, -0.25) is 4.79 Å². The summed E-state index contributed by atoms with van der Waals surface area (Å²) in [4.78, 5) is 20.9. The molecule has 3 aromatic rings. The second kappa shape index (κ2) is 7.19. The fraction of sp³-hybridized carbons (Fsp3) is 0.250. The van der Waals surface area contributed by atoms with Crippen LogP contribution in [-0.2, 0) is 0 Å². The molecule has 2 atom stereocenters. The molecule has 142 valence electrons. The van der Waals surface area contributed by atoms with Crippen molar-refractivity contribution >= 4 is 28.3 Å². The second-order valence-electron chi connectivity index (χ2n) is 6.81. The van der Waals surface area contributed by atoms with Gasteiger partial charge in [-0.15, -0.1) is 0 Å². The summed E-state index contributed by atoms with van der Waals surface area (Å²) in [5, 5.41) is 12.8. The number of amides is 1. The van der Waals surface area contributed by atoms with Gasteiger partial charge in [-0.05, 0) is 36.8 Å². The van der Waals surface area contributed by atoms with Crippen molar-refractivity contribution in [3.8, 4) is 6.07 Å². The monoisotopic (exact) mass is 378 g/mol. The third kappa shape index (κ3) is 3.22. The van der Waals surface area contributed by atoms with Gasteiger partial charge < -0.3 is 20.9 Å². The molecular formula is C20H19FN6O. The van der Waals surface area contributed by atoms with E-state index in [0.717, 1.165) is 5.69 Å². The SMILES string of the molecule is N#Cc1ccc(N2CCC(Nc3c(C(N)=O)cnc4[nH]ccc34)C(F)C2)cc1. The highest BCUT2D eigenvalue weighted by Crippen LogP contribution is 2.29. The maximum Gasteiger partial charge on any atom is 0.252 e. The predicted octanol–water partition coefficient (Wildman–Crippen LogP) is 2.56. The molecule has 28 heavy (non-hydrogen) atoms. The summed E-state index contributed by atoms with van der Waals surface area (Å²) < 4.78 is 15.0. The average Bonchev–Trinajstić information content (AvgIpc) is 3.18. The van der Waals surface area contributed by atoms with Crippen molar-refractivity contribution < 1.29 is 9.18 Å².